The summed E-state index contributed by atoms with van der Waals surface area (Å²) in [5.41, 5.74) is 11.1. The van der Waals surface area contributed by atoms with Crippen LogP contribution in [0.4, 0.5) is 5.82 Å². The molecule has 0 radical (unpaired) electrons. The van der Waals surface area contributed by atoms with Crippen LogP contribution in [0.25, 0.3) is 21.5 Å². The highest BCUT2D eigenvalue weighted by atomic mass is 16.2. The average molecular weight is 296 g/mol. The molecule has 7 heteroatoms. The van der Waals surface area contributed by atoms with Crippen molar-refractivity contribution < 1.29 is 4.79 Å². The van der Waals surface area contributed by atoms with Gasteiger partial charge in [0.25, 0.3) is 0 Å². The number of aromatic nitrogens is 2. The van der Waals surface area contributed by atoms with Crippen LogP contribution >= 0.6 is 0 Å². The molecule has 1 aliphatic heterocycles. The van der Waals surface area contributed by atoms with Crippen molar-refractivity contribution in [2.75, 3.05) is 18.0 Å². The van der Waals surface area contributed by atoms with E-state index in [9.17, 15) is 4.79 Å². The quantitative estimate of drug-likeness (QED) is 0.495. The van der Waals surface area contributed by atoms with Crippen molar-refractivity contribution in [3.63, 3.8) is 0 Å². The number of fused-ring (bicyclic) bond motifs is 1. The first kappa shape index (κ1) is 14.3. The summed E-state index contributed by atoms with van der Waals surface area (Å²) in [6, 6.07) is 5.81. The third-order valence-corrected chi connectivity index (χ3v) is 3.88. The molecule has 0 spiro atoms. The smallest absolute Gasteiger partial charge is 0.228 e. The molecule has 1 fully saturated rings. The highest BCUT2D eigenvalue weighted by molar-refractivity contribution is 5.96. The fraction of sp³-hybridized carbons (Fsp3) is 0.400. The van der Waals surface area contributed by atoms with E-state index in [0.717, 1.165) is 16.6 Å². The van der Waals surface area contributed by atoms with Gasteiger partial charge in [0.05, 0.1) is 0 Å². The fourth-order valence-electron chi connectivity index (χ4n) is 2.85. The molecule has 1 amide bonds. The summed E-state index contributed by atoms with van der Waals surface area (Å²) >= 11 is 0. The number of carbonyl (C=O) groups is 1. The molecule has 112 valence electrons. The predicted octanol–water partition coefficient (Wildman–Crippen LogP) is 2.91. The molecule has 1 aliphatic rings. The summed E-state index contributed by atoms with van der Waals surface area (Å²) in [5, 5.41) is 4.55. The minimum atomic E-state index is 0.00867. The number of hydrogen-bond donors (Lipinski definition) is 0. The molecule has 0 N–H and O–H groups in total. The number of anilines is 1. The van der Waals surface area contributed by atoms with E-state index in [0.29, 0.717) is 31.0 Å². The molecule has 0 aromatic carbocycles. The lowest BCUT2D eigenvalue weighted by molar-refractivity contribution is -0.117. The topological polar surface area (TPSA) is 94.8 Å². The average Bonchev–Trinajstić information content (AvgIpc) is 2.85. The van der Waals surface area contributed by atoms with Crippen LogP contribution in [-0.4, -0.2) is 29.0 Å². The lowest BCUT2D eigenvalue weighted by Crippen LogP contribution is -2.25. The minimum Gasteiger partial charge on any atom is -0.296 e. The lowest BCUT2D eigenvalue weighted by Gasteiger charge is -2.16. The molecule has 1 atom stereocenters. The van der Waals surface area contributed by atoms with Crippen LogP contribution in [0.15, 0.2) is 23.3 Å². The maximum Gasteiger partial charge on any atom is 0.228 e. The van der Waals surface area contributed by atoms with Crippen molar-refractivity contribution in [2.45, 2.75) is 20.3 Å². The van der Waals surface area contributed by atoms with Crippen LogP contribution in [0.2, 0.25) is 0 Å². The van der Waals surface area contributed by atoms with Crippen LogP contribution < -0.4 is 4.90 Å². The van der Waals surface area contributed by atoms with Gasteiger partial charge in [-0.15, -0.1) is 0 Å². The lowest BCUT2D eigenvalue weighted by atomic mass is 10.1. The third-order valence-electron chi connectivity index (χ3n) is 3.88. The van der Waals surface area contributed by atoms with Crippen molar-refractivity contribution in [2.24, 2.45) is 11.0 Å². The zero-order valence-electron chi connectivity index (χ0n) is 12.5. The normalized spacial score (nSPS) is 17.8. The van der Waals surface area contributed by atoms with Gasteiger partial charge in [-0.3, -0.25) is 9.69 Å². The van der Waals surface area contributed by atoms with E-state index in [2.05, 4.69) is 20.0 Å². The monoisotopic (exact) mass is 296 g/mol. The molecule has 22 heavy (non-hydrogen) atoms. The van der Waals surface area contributed by atoms with Crippen molar-refractivity contribution in [1.29, 1.82) is 0 Å². The molecule has 2 aromatic heterocycles. The Morgan fingerprint density at radius 3 is 3.00 bits per heavy atom. The molecule has 3 heterocycles. The number of rotatable bonds is 3. The van der Waals surface area contributed by atoms with Crippen molar-refractivity contribution in [1.82, 2.24) is 9.97 Å². The summed E-state index contributed by atoms with van der Waals surface area (Å²) in [7, 11) is 0. The van der Waals surface area contributed by atoms with E-state index in [1.807, 2.05) is 32.0 Å². The second kappa shape index (κ2) is 5.61. The van der Waals surface area contributed by atoms with E-state index >= 15 is 0 Å². The molecule has 0 aliphatic carbocycles. The summed E-state index contributed by atoms with van der Waals surface area (Å²) in [4.78, 5) is 25.5. The highest BCUT2D eigenvalue weighted by Gasteiger charge is 2.31. The third kappa shape index (κ3) is 2.58. The van der Waals surface area contributed by atoms with E-state index in [-0.39, 0.29) is 11.8 Å². The first-order valence-electron chi connectivity index (χ1n) is 7.14. The standard InChI is InChI=1S/C15H16N6O/c1-9-5-10(2)18-15-12(9)3-4-13(19-15)21-8-11(6-14(21)22)7-17-20-16/h3-5,11H,6-8H2,1-2H3. The van der Waals surface area contributed by atoms with E-state index < -0.39 is 0 Å². The largest absolute Gasteiger partial charge is 0.296 e. The summed E-state index contributed by atoms with van der Waals surface area (Å²) in [6.07, 6.45) is 0.388. The highest BCUT2D eigenvalue weighted by Crippen LogP contribution is 2.26. The second-order valence-corrected chi connectivity index (χ2v) is 5.61. The van der Waals surface area contributed by atoms with Crippen molar-refractivity contribution >= 4 is 22.8 Å². The van der Waals surface area contributed by atoms with Crippen LogP contribution in [0, 0.1) is 19.8 Å². The molecule has 7 nitrogen and oxygen atoms in total. The van der Waals surface area contributed by atoms with Gasteiger partial charge in [0.1, 0.15) is 5.82 Å². The van der Waals surface area contributed by atoms with Crippen LogP contribution in [-0.2, 0) is 4.79 Å². The zero-order valence-corrected chi connectivity index (χ0v) is 12.5. The molecule has 0 bridgehead atoms. The van der Waals surface area contributed by atoms with Crippen molar-refractivity contribution in [3.8, 4) is 0 Å². The van der Waals surface area contributed by atoms with Gasteiger partial charge in [-0.05, 0) is 49.1 Å². The minimum absolute atomic E-state index is 0.00867. The Morgan fingerprint density at radius 1 is 1.41 bits per heavy atom. The number of hydrogen-bond acceptors (Lipinski definition) is 4. The first-order valence-corrected chi connectivity index (χ1v) is 7.14. The van der Waals surface area contributed by atoms with Gasteiger partial charge >= 0.3 is 0 Å². The molecule has 0 saturated carbocycles. The number of carbonyl (C=O) groups excluding carboxylic acids is 1. The fourth-order valence-corrected chi connectivity index (χ4v) is 2.85. The summed E-state index contributed by atoms with van der Waals surface area (Å²) in [6.45, 7) is 4.82. The van der Waals surface area contributed by atoms with Crippen molar-refractivity contribution in [3.05, 3.63) is 39.9 Å². The maximum absolute atomic E-state index is 12.1. The predicted molar refractivity (Wildman–Crippen MR) is 83.5 cm³/mol. The number of azide groups is 1. The van der Waals surface area contributed by atoms with Gasteiger partial charge in [-0.1, -0.05) is 5.11 Å². The number of aryl methyl sites for hydroxylation is 2. The van der Waals surface area contributed by atoms with Crippen LogP contribution in [0.1, 0.15) is 17.7 Å². The molecular formula is C15H16N6O. The van der Waals surface area contributed by atoms with Crippen LogP contribution in [0.5, 0.6) is 0 Å². The Kier molecular flexibility index (Phi) is 3.65. The van der Waals surface area contributed by atoms with E-state index in [1.54, 1.807) is 4.90 Å². The van der Waals surface area contributed by atoms with Gasteiger partial charge in [0.2, 0.25) is 5.91 Å². The zero-order chi connectivity index (χ0) is 15.7. The molecule has 1 unspecified atom stereocenters. The van der Waals surface area contributed by atoms with Gasteiger partial charge in [-0.2, -0.15) is 0 Å². The Hall–Kier alpha value is -2.66. The summed E-state index contributed by atoms with van der Waals surface area (Å²) < 4.78 is 0. The Balaban J connectivity index is 1.93. The van der Waals surface area contributed by atoms with Gasteiger partial charge in [0.15, 0.2) is 5.65 Å². The Bertz CT molecular complexity index is 796. The van der Waals surface area contributed by atoms with E-state index in [4.69, 9.17) is 5.53 Å². The van der Waals surface area contributed by atoms with Crippen LogP contribution in [0.3, 0.4) is 0 Å². The van der Waals surface area contributed by atoms with Gasteiger partial charge < -0.3 is 0 Å². The molecule has 2 aromatic rings. The molecule has 1 saturated heterocycles. The first-order chi connectivity index (χ1) is 10.6. The number of amides is 1. The molecular weight excluding hydrogens is 280 g/mol. The van der Waals surface area contributed by atoms with E-state index in [1.165, 1.54) is 0 Å². The Labute approximate surface area is 127 Å². The van der Waals surface area contributed by atoms with Gasteiger partial charge in [0, 0.05) is 35.5 Å². The summed E-state index contributed by atoms with van der Waals surface area (Å²) in [5.74, 6) is 0.668. The Morgan fingerprint density at radius 2 is 2.23 bits per heavy atom. The second-order valence-electron chi connectivity index (χ2n) is 5.61. The number of nitrogens with zero attached hydrogens (tertiary/aromatic N) is 6. The SMILES string of the molecule is Cc1cc(C)c2ccc(N3CC(CN=[N+]=[N-])CC3=O)nc2n1. The molecule has 3 rings (SSSR count). The maximum atomic E-state index is 12.1. The number of pyridine rings is 2. The van der Waals surface area contributed by atoms with Gasteiger partial charge in [-0.25, -0.2) is 9.97 Å².